The minimum atomic E-state index is -0.216. The van der Waals surface area contributed by atoms with Gasteiger partial charge < -0.3 is 9.88 Å². The molecule has 1 aliphatic heterocycles. The molecule has 4 heterocycles. The molecular formula is C57H39N5Pt. The number of nitrogens with zero attached hydrogens (tertiary/aromatic N) is 5. The second kappa shape index (κ2) is 15.2. The summed E-state index contributed by atoms with van der Waals surface area (Å²) in [5, 5.41) is 2.23. The maximum atomic E-state index is 5.70. The van der Waals surface area contributed by atoms with E-state index in [-0.39, 0.29) is 26.5 Å². The summed E-state index contributed by atoms with van der Waals surface area (Å²) >= 11 is 0. The molecule has 0 atom stereocenters. The minimum Gasteiger partial charge on any atom is -0.656 e. The summed E-state index contributed by atoms with van der Waals surface area (Å²) < 4.78 is 2.32. The number of rotatable bonds is 6. The molecular weight excluding hydrogens is 950 g/mol. The molecule has 3 aromatic heterocycles. The molecule has 0 amide bonds. The molecule has 11 aromatic rings. The molecule has 12 rings (SSSR count). The van der Waals surface area contributed by atoms with E-state index in [1.807, 2.05) is 12.3 Å². The molecule has 0 saturated carbocycles. The van der Waals surface area contributed by atoms with Crippen LogP contribution in [-0.2, 0) is 26.5 Å². The van der Waals surface area contributed by atoms with Crippen molar-refractivity contribution in [3.8, 4) is 50.5 Å². The molecule has 0 N–H and O–H groups in total. The van der Waals surface area contributed by atoms with Gasteiger partial charge in [-0.3, -0.25) is 4.57 Å². The molecule has 63 heavy (non-hydrogen) atoms. The van der Waals surface area contributed by atoms with Crippen molar-refractivity contribution < 1.29 is 21.1 Å². The molecule has 0 aliphatic carbocycles. The average Bonchev–Trinajstić information content (AvgIpc) is 3.91. The van der Waals surface area contributed by atoms with Gasteiger partial charge in [0.25, 0.3) is 0 Å². The van der Waals surface area contributed by atoms with E-state index in [0.29, 0.717) is 0 Å². The Labute approximate surface area is 380 Å². The topological polar surface area (TPSA) is 48.1 Å². The first-order valence-corrected chi connectivity index (χ1v) is 21.1. The molecule has 1 aliphatic rings. The predicted molar refractivity (Wildman–Crippen MR) is 255 cm³/mol. The van der Waals surface area contributed by atoms with Crippen LogP contribution in [0.25, 0.3) is 83.3 Å². The zero-order chi connectivity index (χ0) is 41.4. The van der Waals surface area contributed by atoms with Gasteiger partial charge >= 0.3 is 21.1 Å². The molecule has 5 nitrogen and oxygen atoms in total. The Morgan fingerprint density at radius 3 is 2.10 bits per heavy atom. The van der Waals surface area contributed by atoms with Gasteiger partial charge in [0.05, 0.1) is 11.0 Å². The number of pyridine rings is 1. The van der Waals surface area contributed by atoms with Crippen LogP contribution in [0.4, 0.5) is 17.2 Å². The average molecular weight is 989 g/mol. The zero-order valence-electron chi connectivity index (χ0n) is 34.6. The number of benzene rings is 8. The Kier molecular flexibility index (Phi) is 9.33. The second-order valence-electron chi connectivity index (χ2n) is 16.6. The summed E-state index contributed by atoms with van der Waals surface area (Å²) in [5.41, 5.74) is 16.5. The van der Waals surface area contributed by atoms with Crippen molar-refractivity contribution in [1.82, 2.24) is 19.5 Å². The van der Waals surface area contributed by atoms with Gasteiger partial charge in [0.1, 0.15) is 11.6 Å². The number of aromatic nitrogens is 4. The number of fused-ring (bicyclic) bond motifs is 6. The molecule has 302 valence electrons. The zero-order valence-corrected chi connectivity index (χ0v) is 36.9. The van der Waals surface area contributed by atoms with Gasteiger partial charge in [0, 0.05) is 34.1 Å². The fourth-order valence-corrected chi connectivity index (χ4v) is 9.57. The number of anilines is 3. The molecule has 0 bridgehead atoms. The largest absolute Gasteiger partial charge is 2.00 e. The van der Waals surface area contributed by atoms with E-state index >= 15 is 0 Å². The predicted octanol–water partition coefficient (Wildman–Crippen LogP) is 14.3. The van der Waals surface area contributed by atoms with Gasteiger partial charge in [-0.2, -0.15) is 0 Å². The molecule has 0 radical (unpaired) electrons. The first-order chi connectivity index (χ1) is 30.5. The maximum Gasteiger partial charge on any atom is 2.00 e. The summed E-state index contributed by atoms with van der Waals surface area (Å²) in [6.07, 6.45) is 1.88. The first kappa shape index (κ1) is 38.6. The summed E-state index contributed by atoms with van der Waals surface area (Å²) in [7, 11) is 0. The van der Waals surface area contributed by atoms with Crippen LogP contribution in [0.15, 0.2) is 200 Å². The van der Waals surface area contributed by atoms with E-state index < -0.39 is 0 Å². The third-order valence-electron chi connectivity index (χ3n) is 12.6. The van der Waals surface area contributed by atoms with Crippen molar-refractivity contribution in [2.75, 3.05) is 4.90 Å². The third-order valence-corrected chi connectivity index (χ3v) is 12.6. The first-order valence-electron chi connectivity index (χ1n) is 21.1. The van der Waals surface area contributed by atoms with Gasteiger partial charge in [-0.15, -0.1) is 40.9 Å². The Hall–Kier alpha value is -7.33. The van der Waals surface area contributed by atoms with E-state index in [2.05, 4.69) is 217 Å². The Balaban J connectivity index is 0.00000444. The van der Waals surface area contributed by atoms with E-state index in [4.69, 9.17) is 15.0 Å². The van der Waals surface area contributed by atoms with Gasteiger partial charge in [-0.1, -0.05) is 153 Å². The maximum absolute atomic E-state index is 5.70. The van der Waals surface area contributed by atoms with Crippen molar-refractivity contribution in [2.24, 2.45) is 0 Å². The molecule has 0 unspecified atom stereocenters. The van der Waals surface area contributed by atoms with Crippen LogP contribution < -0.4 is 9.88 Å². The van der Waals surface area contributed by atoms with Crippen molar-refractivity contribution in [3.05, 3.63) is 218 Å². The van der Waals surface area contributed by atoms with E-state index in [1.165, 1.54) is 11.1 Å². The van der Waals surface area contributed by atoms with Gasteiger partial charge in [0.2, 0.25) is 0 Å². The molecule has 6 heteroatoms. The van der Waals surface area contributed by atoms with E-state index in [0.717, 1.165) is 100 Å². The summed E-state index contributed by atoms with van der Waals surface area (Å²) in [4.78, 5) is 18.3. The molecule has 8 aromatic carbocycles. The SMILES string of the molecule is CC1(C)c2ccccc2N(c2[c-]c(-c3cccc4c3nc(-c3cc(-c5ccccc5)cc5c3[n-]c3ccccc35)n4-c3cccc(-c4ccccc4)c3)ccc2)c2ncccc21.[Pt+2]. The third kappa shape index (κ3) is 6.26. The van der Waals surface area contributed by atoms with Crippen LogP contribution in [-0.4, -0.2) is 14.5 Å². The van der Waals surface area contributed by atoms with Crippen LogP contribution in [0.1, 0.15) is 25.0 Å². The van der Waals surface area contributed by atoms with E-state index in [9.17, 15) is 0 Å². The van der Waals surface area contributed by atoms with Crippen molar-refractivity contribution in [1.29, 1.82) is 0 Å². The van der Waals surface area contributed by atoms with E-state index in [1.54, 1.807) is 0 Å². The Morgan fingerprint density at radius 2 is 1.25 bits per heavy atom. The van der Waals surface area contributed by atoms with Crippen LogP contribution in [0.5, 0.6) is 0 Å². The minimum absolute atomic E-state index is 0. The van der Waals surface area contributed by atoms with Crippen molar-refractivity contribution in [2.45, 2.75) is 19.3 Å². The van der Waals surface area contributed by atoms with Crippen molar-refractivity contribution in [3.63, 3.8) is 0 Å². The van der Waals surface area contributed by atoms with Gasteiger partial charge in [-0.25, -0.2) is 9.97 Å². The standard InChI is InChI=1S/C57H39N5.Pt/c1-57(2)48-27-10-12-30-51(48)61(56-49(57)28-16-32-58-56)43-24-14-22-40(34-43)44-26-15-31-52-54(44)60-55(62(52)42-23-13-21-39(33-42)37-17-5-3-6-18-37)47-36-41(38-19-7-4-8-20-38)35-46-45-25-9-11-29-50(45)59-53(46)47;/h3-33,35-36H,1-2H3;/q-2;+2. The molecule has 0 fully saturated rings. The number of para-hydroxylation sites is 3. The number of hydrogen-bond donors (Lipinski definition) is 0. The monoisotopic (exact) mass is 988 g/mol. The molecule has 0 spiro atoms. The summed E-state index contributed by atoms with van der Waals surface area (Å²) in [6.45, 7) is 4.57. The summed E-state index contributed by atoms with van der Waals surface area (Å²) in [5.74, 6) is 1.74. The number of hydrogen-bond acceptors (Lipinski definition) is 3. The Bertz CT molecular complexity index is 3460. The van der Waals surface area contributed by atoms with Crippen LogP contribution in [0, 0.1) is 6.07 Å². The normalized spacial score (nSPS) is 12.9. The number of imidazole rings is 1. The molecule has 0 saturated heterocycles. The fourth-order valence-electron chi connectivity index (χ4n) is 9.57. The smallest absolute Gasteiger partial charge is 0.656 e. The quantitative estimate of drug-likeness (QED) is 0.156. The van der Waals surface area contributed by atoms with Gasteiger partial charge in [-0.05, 0) is 86.7 Å². The van der Waals surface area contributed by atoms with Crippen LogP contribution >= 0.6 is 0 Å². The second-order valence-corrected chi connectivity index (χ2v) is 16.6. The Morgan fingerprint density at radius 1 is 0.556 bits per heavy atom. The van der Waals surface area contributed by atoms with Crippen molar-refractivity contribution >= 4 is 50.0 Å². The van der Waals surface area contributed by atoms with Gasteiger partial charge in [0.15, 0.2) is 0 Å². The fraction of sp³-hybridized carbons (Fsp3) is 0.0526. The van der Waals surface area contributed by atoms with Crippen LogP contribution in [0.2, 0.25) is 0 Å². The summed E-state index contributed by atoms with van der Waals surface area (Å²) in [6, 6.07) is 72.6. The van der Waals surface area contributed by atoms with Crippen LogP contribution in [0.3, 0.4) is 0 Å².